The van der Waals surface area contributed by atoms with E-state index in [4.69, 9.17) is 9.47 Å². The summed E-state index contributed by atoms with van der Waals surface area (Å²) < 4.78 is 10.5. The van der Waals surface area contributed by atoms with Crippen molar-refractivity contribution >= 4 is 17.5 Å². The maximum absolute atomic E-state index is 11.9. The van der Waals surface area contributed by atoms with Crippen LogP contribution in [0, 0.1) is 0 Å². The van der Waals surface area contributed by atoms with Crippen molar-refractivity contribution in [2.75, 3.05) is 38.7 Å². The first-order chi connectivity index (χ1) is 10.7. The lowest BCUT2D eigenvalue weighted by atomic mass is 10.1. The Kier molecular flexibility index (Phi) is 6.17. The summed E-state index contributed by atoms with van der Waals surface area (Å²) in [5, 5.41) is 8.60. The van der Waals surface area contributed by atoms with Crippen LogP contribution in [-0.2, 0) is 14.3 Å². The Morgan fingerprint density at radius 3 is 2.95 bits per heavy atom. The molecule has 1 aromatic rings. The molecule has 2 rings (SSSR count). The monoisotopic (exact) mass is 307 g/mol. The smallest absolute Gasteiger partial charge is 0.266 e. The summed E-state index contributed by atoms with van der Waals surface area (Å²) in [5.74, 6) is 0.0706. The predicted molar refractivity (Wildman–Crippen MR) is 81.9 cm³/mol. The van der Waals surface area contributed by atoms with Gasteiger partial charge in [0.1, 0.15) is 5.75 Å². The highest BCUT2D eigenvalue weighted by Crippen LogP contribution is 2.29. The van der Waals surface area contributed by atoms with Gasteiger partial charge in [-0.25, -0.2) is 0 Å². The summed E-state index contributed by atoms with van der Waals surface area (Å²) in [4.78, 5) is 23.7. The summed E-state index contributed by atoms with van der Waals surface area (Å²) in [6.45, 7) is 2.50. The molecule has 0 aromatic heterocycles. The lowest BCUT2D eigenvalue weighted by molar-refractivity contribution is -0.130. The molecule has 1 aliphatic heterocycles. The zero-order valence-corrected chi connectivity index (χ0v) is 12.6. The van der Waals surface area contributed by atoms with E-state index in [1.54, 1.807) is 19.2 Å². The van der Waals surface area contributed by atoms with Crippen LogP contribution in [0.3, 0.4) is 0 Å². The Morgan fingerprint density at radius 2 is 2.14 bits per heavy atom. The second-order valence-corrected chi connectivity index (χ2v) is 4.89. The molecule has 7 heteroatoms. The topological polar surface area (TPSA) is 88.7 Å². The molecule has 120 valence electrons. The fraction of sp³-hybridized carbons (Fsp3) is 0.467. The average molecular weight is 307 g/mol. The fourth-order valence-electron chi connectivity index (χ4n) is 2.06. The van der Waals surface area contributed by atoms with Gasteiger partial charge in [-0.15, -0.1) is 0 Å². The van der Waals surface area contributed by atoms with Crippen LogP contribution in [0.15, 0.2) is 24.3 Å². The second kappa shape index (κ2) is 8.35. The molecule has 1 unspecified atom stereocenters. The van der Waals surface area contributed by atoms with Gasteiger partial charge in [-0.2, -0.15) is 0 Å². The third kappa shape index (κ3) is 4.71. The van der Waals surface area contributed by atoms with Gasteiger partial charge in [-0.1, -0.05) is 12.1 Å². The average Bonchev–Trinajstić information content (AvgIpc) is 2.51. The minimum Gasteiger partial charge on any atom is -0.478 e. The maximum atomic E-state index is 11.9. The van der Waals surface area contributed by atoms with Gasteiger partial charge in [-0.3, -0.25) is 9.59 Å². The molecule has 1 atom stereocenters. The number of nitrogens with one attached hydrogen (secondary N) is 3. The third-order valence-corrected chi connectivity index (χ3v) is 3.18. The van der Waals surface area contributed by atoms with Crippen LogP contribution < -0.4 is 20.7 Å². The van der Waals surface area contributed by atoms with Gasteiger partial charge in [0, 0.05) is 26.7 Å². The van der Waals surface area contributed by atoms with E-state index < -0.39 is 6.10 Å². The maximum Gasteiger partial charge on any atom is 0.266 e. The summed E-state index contributed by atoms with van der Waals surface area (Å²) in [6, 6.07) is 7.15. The van der Waals surface area contributed by atoms with Crippen molar-refractivity contribution in [2.24, 2.45) is 0 Å². The van der Waals surface area contributed by atoms with Crippen LogP contribution in [0.1, 0.15) is 6.42 Å². The molecule has 1 aromatic carbocycles. The summed E-state index contributed by atoms with van der Waals surface area (Å²) >= 11 is 0. The summed E-state index contributed by atoms with van der Waals surface area (Å²) in [7, 11) is 1.64. The van der Waals surface area contributed by atoms with E-state index in [0.29, 0.717) is 31.1 Å². The molecule has 0 saturated carbocycles. The van der Waals surface area contributed by atoms with Crippen molar-refractivity contribution in [3.8, 4) is 5.75 Å². The van der Waals surface area contributed by atoms with Gasteiger partial charge in [0.05, 0.1) is 18.7 Å². The van der Waals surface area contributed by atoms with Crippen molar-refractivity contribution in [2.45, 2.75) is 12.5 Å². The van der Waals surface area contributed by atoms with E-state index in [9.17, 15) is 9.59 Å². The molecular formula is C15H21N3O4. The van der Waals surface area contributed by atoms with E-state index in [1.807, 2.05) is 12.1 Å². The number of hydrogen-bond donors (Lipinski definition) is 3. The number of hydrogen-bond acceptors (Lipinski definition) is 5. The largest absolute Gasteiger partial charge is 0.478 e. The molecule has 1 heterocycles. The molecule has 0 aliphatic carbocycles. The number of rotatable bonds is 8. The molecule has 3 N–H and O–H groups in total. The lowest BCUT2D eigenvalue weighted by Crippen LogP contribution is -2.42. The van der Waals surface area contributed by atoms with E-state index in [0.717, 1.165) is 6.54 Å². The molecule has 7 nitrogen and oxygen atoms in total. The number of ether oxygens (including phenoxy) is 2. The first kappa shape index (κ1) is 16.3. The van der Waals surface area contributed by atoms with Crippen LogP contribution >= 0.6 is 0 Å². The minimum atomic E-state index is -0.795. The van der Waals surface area contributed by atoms with Gasteiger partial charge in [0.2, 0.25) is 5.91 Å². The van der Waals surface area contributed by atoms with E-state index in [1.165, 1.54) is 0 Å². The molecule has 2 amide bonds. The molecule has 0 fully saturated rings. The Morgan fingerprint density at radius 1 is 1.32 bits per heavy atom. The van der Waals surface area contributed by atoms with Crippen molar-refractivity contribution in [1.82, 2.24) is 10.6 Å². The van der Waals surface area contributed by atoms with Gasteiger partial charge in [-0.05, 0) is 12.1 Å². The van der Waals surface area contributed by atoms with Crippen LogP contribution in [0.2, 0.25) is 0 Å². The highest BCUT2D eigenvalue weighted by atomic mass is 16.5. The van der Waals surface area contributed by atoms with Gasteiger partial charge >= 0.3 is 0 Å². The number of carbonyl (C=O) groups excluding carboxylic acids is 2. The highest BCUT2D eigenvalue weighted by Gasteiger charge is 2.29. The Balaban J connectivity index is 1.72. The zero-order valence-electron chi connectivity index (χ0n) is 12.6. The number of benzene rings is 1. The third-order valence-electron chi connectivity index (χ3n) is 3.18. The van der Waals surface area contributed by atoms with E-state index in [2.05, 4.69) is 16.0 Å². The molecule has 0 bridgehead atoms. The second-order valence-electron chi connectivity index (χ2n) is 4.89. The van der Waals surface area contributed by atoms with Crippen LogP contribution in [0.5, 0.6) is 5.75 Å². The van der Waals surface area contributed by atoms with Gasteiger partial charge in [0.15, 0.2) is 6.10 Å². The normalized spacial score (nSPS) is 16.4. The number of anilines is 1. The summed E-state index contributed by atoms with van der Waals surface area (Å²) in [5.41, 5.74) is 0.631. The highest BCUT2D eigenvalue weighted by molar-refractivity contribution is 5.99. The van der Waals surface area contributed by atoms with Crippen molar-refractivity contribution in [3.05, 3.63) is 24.3 Å². The van der Waals surface area contributed by atoms with Crippen LogP contribution in [-0.4, -0.2) is 51.3 Å². The van der Waals surface area contributed by atoms with Gasteiger partial charge < -0.3 is 25.4 Å². The minimum absolute atomic E-state index is 0.00175. The number of amides is 2. The molecular weight excluding hydrogens is 286 g/mol. The van der Waals surface area contributed by atoms with E-state index in [-0.39, 0.29) is 18.2 Å². The number of para-hydroxylation sites is 2. The Hall–Kier alpha value is -2.12. The Bertz CT molecular complexity index is 521. The van der Waals surface area contributed by atoms with Crippen molar-refractivity contribution < 1.29 is 19.1 Å². The molecule has 0 saturated heterocycles. The number of fused-ring (bicyclic) bond motifs is 1. The van der Waals surface area contributed by atoms with Crippen LogP contribution in [0.25, 0.3) is 0 Å². The lowest BCUT2D eigenvalue weighted by Gasteiger charge is -2.25. The molecule has 22 heavy (non-hydrogen) atoms. The number of carbonyl (C=O) groups is 2. The Labute approximate surface area is 129 Å². The quantitative estimate of drug-likeness (QED) is 0.594. The van der Waals surface area contributed by atoms with Crippen molar-refractivity contribution in [3.63, 3.8) is 0 Å². The predicted octanol–water partition coefficient (Wildman–Crippen LogP) is 0.128. The number of methoxy groups -OCH3 is 1. The van der Waals surface area contributed by atoms with Crippen LogP contribution in [0.4, 0.5) is 5.69 Å². The zero-order chi connectivity index (χ0) is 15.8. The van der Waals surface area contributed by atoms with Crippen molar-refractivity contribution in [1.29, 1.82) is 0 Å². The fourth-order valence-corrected chi connectivity index (χ4v) is 2.06. The first-order valence-corrected chi connectivity index (χ1v) is 7.23. The standard InChI is InChI=1S/C15H21N3O4/c1-21-9-8-16-6-7-17-14(19)10-13-15(20)18-11-4-2-3-5-12(11)22-13/h2-5,13,16H,6-10H2,1H3,(H,17,19)(H,18,20). The molecule has 0 radical (unpaired) electrons. The van der Waals surface area contributed by atoms with Gasteiger partial charge in [0.25, 0.3) is 5.91 Å². The summed E-state index contributed by atoms with van der Waals surface area (Å²) in [6.07, 6.45) is -0.797. The first-order valence-electron chi connectivity index (χ1n) is 7.23. The van der Waals surface area contributed by atoms with E-state index >= 15 is 0 Å². The SMILES string of the molecule is COCCNCCNC(=O)CC1Oc2ccccc2NC1=O. The molecule has 0 spiro atoms. The molecule has 1 aliphatic rings.